The summed E-state index contributed by atoms with van der Waals surface area (Å²) in [5.74, 6) is 0.922. The molecule has 0 fully saturated rings. The van der Waals surface area contributed by atoms with Gasteiger partial charge >= 0.3 is 0 Å². The van der Waals surface area contributed by atoms with Crippen LogP contribution in [0.2, 0.25) is 5.02 Å². The van der Waals surface area contributed by atoms with Crippen molar-refractivity contribution in [2.45, 2.75) is 13.3 Å². The van der Waals surface area contributed by atoms with E-state index in [4.69, 9.17) is 11.6 Å². The van der Waals surface area contributed by atoms with Crippen LogP contribution in [0.3, 0.4) is 0 Å². The minimum atomic E-state index is -0.424. The van der Waals surface area contributed by atoms with Gasteiger partial charge in [-0.25, -0.2) is 4.39 Å². The molecule has 0 bridgehead atoms. The molecule has 2 rings (SSSR count). The van der Waals surface area contributed by atoms with E-state index in [1.54, 1.807) is 11.0 Å². The highest BCUT2D eigenvalue weighted by molar-refractivity contribution is 6.30. The second kappa shape index (κ2) is 6.67. The first-order valence-corrected chi connectivity index (χ1v) is 7.01. The van der Waals surface area contributed by atoms with Crippen molar-refractivity contribution in [1.82, 2.24) is 15.0 Å². The van der Waals surface area contributed by atoms with Gasteiger partial charge in [0.2, 0.25) is 11.9 Å². The largest absolute Gasteiger partial charge is 0.354 e. The Morgan fingerprint density at radius 2 is 1.95 bits per heavy atom. The molecule has 1 aromatic heterocycles. The van der Waals surface area contributed by atoms with E-state index in [0.29, 0.717) is 28.3 Å². The normalized spacial score (nSPS) is 10.5. The molecule has 5 nitrogen and oxygen atoms in total. The highest BCUT2D eigenvalue weighted by Crippen LogP contribution is 2.23. The summed E-state index contributed by atoms with van der Waals surface area (Å²) in [6.45, 7) is 2.80. The summed E-state index contributed by atoms with van der Waals surface area (Å²) in [6.07, 6.45) is 0.949. The van der Waals surface area contributed by atoms with Gasteiger partial charge < -0.3 is 10.2 Å². The Bertz CT molecular complexity index is 613. The molecule has 0 amide bonds. The molecule has 0 atom stereocenters. The fraction of sp³-hybridized carbons (Fsp3) is 0.357. The highest BCUT2D eigenvalue weighted by atomic mass is 35.5. The first-order valence-electron chi connectivity index (χ1n) is 6.63. The molecule has 0 aliphatic heterocycles. The average Bonchev–Trinajstić information content (AvgIpc) is 2.43. The van der Waals surface area contributed by atoms with Crippen LogP contribution in [-0.2, 0) is 0 Å². The first-order chi connectivity index (χ1) is 9.99. The van der Waals surface area contributed by atoms with Gasteiger partial charge in [-0.05, 0) is 24.6 Å². The number of anilines is 2. The average molecular weight is 310 g/mol. The lowest BCUT2D eigenvalue weighted by atomic mass is 10.2. The van der Waals surface area contributed by atoms with Gasteiger partial charge in [0, 0.05) is 31.2 Å². The predicted molar refractivity (Wildman–Crippen MR) is 83.3 cm³/mol. The van der Waals surface area contributed by atoms with Crippen LogP contribution >= 0.6 is 11.6 Å². The zero-order valence-corrected chi connectivity index (χ0v) is 12.9. The van der Waals surface area contributed by atoms with E-state index < -0.39 is 5.82 Å². The molecule has 0 saturated carbocycles. The van der Waals surface area contributed by atoms with Crippen LogP contribution in [0.1, 0.15) is 13.3 Å². The summed E-state index contributed by atoms with van der Waals surface area (Å²) in [5.41, 5.74) is 0.519. The third-order valence-electron chi connectivity index (χ3n) is 2.68. The lowest BCUT2D eigenvalue weighted by Gasteiger charge is -2.13. The summed E-state index contributed by atoms with van der Waals surface area (Å²) < 4.78 is 13.5. The third-order valence-corrected chi connectivity index (χ3v) is 2.90. The van der Waals surface area contributed by atoms with Gasteiger partial charge in [0.15, 0.2) is 5.82 Å². The predicted octanol–water partition coefficient (Wildman–Crippen LogP) is 3.22. The standard InChI is InChI=1S/C14H17ClFN5/c1-4-5-17-13-18-12(19-14(20-13)21(2)3)9-6-10(15)8-11(16)7-9/h6-8H,4-5H2,1-3H3,(H,17,18,19,20). The Hall–Kier alpha value is -1.95. The van der Waals surface area contributed by atoms with E-state index in [-0.39, 0.29) is 0 Å². The lowest BCUT2D eigenvalue weighted by Crippen LogP contribution is -2.16. The van der Waals surface area contributed by atoms with Crippen molar-refractivity contribution in [2.75, 3.05) is 30.9 Å². The summed E-state index contributed by atoms with van der Waals surface area (Å²) in [5, 5.41) is 3.42. The molecule has 7 heteroatoms. The van der Waals surface area contributed by atoms with Crippen LogP contribution in [0.4, 0.5) is 16.3 Å². The van der Waals surface area contributed by atoms with Crippen LogP contribution in [0, 0.1) is 5.82 Å². The molecule has 0 aliphatic carbocycles. The molecular weight excluding hydrogens is 293 g/mol. The quantitative estimate of drug-likeness (QED) is 0.919. The van der Waals surface area contributed by atoms with Gasteiger partial charge in [-0.2, -0.15) is 15.0 Å². The maximum atomic E-state index is 13.5. The molecule has 0 saturated heterocycles. The van der Waals surface area contributed by atoms with Gasteiger partial charge in [-0.1, -0.05) is 18.5 Å². The summed E-state index contributed by atoms with van der Waals surface area (Å²) >= 11 is 5.89. The molecule has 1 heterocycles. The summed E-state index contributed by atoms with van der Waals surface area (Å²) in [4.78, 5) is 14.7. The number of hydrogen-bond acceptors (Lipinski definition) is 5. The Balaban J connectivity index is 2.48. The SMILES string of the molecule is CCCNc1nc(-c2cc(F)cc(Cl)c2)nc(N(C)C)n1. The Morgan fingerprint density at radius 3 is 2.57 bits per heavy atom. The molecule has 0 radical (unpaired) electrons. The lowest BCUT2D eigenvalue weighted by molar-refractivity contribution is 0.628. The van der Waals surface area contributed by atoms with E-state index in [0.717, 1.165) is 13.0 Å². The van der Waals surface area contributed by atoms with E-state index in [2.05, 4.69) is 20.3 Å². The van der Waals surface area contributed by atoms with Crippen LogP contribution < -0.4 is 10.2 Å². The van der Waals surface area contributed by atoms with E-state index >= 15 is 0 Å². The second-order valence-corrected chi connectivity index (χ2v) is 5.20. The number of nitrogens with one attached hydrogen (secondary N) is 1. The number of aromatic nitrogens is 3. The van der Waals surface area contributed by atoms with Gasteiger partial charge in [-0.3, -0.25) is 0 Å². The van der Waals surface area contributed by atoms with Crippen LogP contribution in [0.25, 0.3) is 11.4 Å². The summed E-state index contributed by atoms with van der Waals surface area (Å²) in [7, 11) is 3.67. The van der Waals surface area contributed by atoms with Crippen molar-refractivity contribution in [3.63, 3.8) is 0 Å². The van der Waals surface area contributed by atoms with Gasteiger partial charge in [-0.15, -0.1) is 0 Å². The molecule has 0 unspecified atom stereocenters. The van der Waals surface area contributed by atoms with Crippen LogP contribution in [0.15, 0.2) is 18.2 Å². The minimum Gasteiger partial charge on any atom is -0.354 e. The van der Waals surface area contributed by atoms with Gasteiger partial charge in [0.1, 0.15) is 5.82 Å². The summed E-state index contributed by atoms with van der Waals surface area (Å²) in [6, 6.07) is 4.22. The molecule has 21 heavy (non-hydrogen) atoms. The minimum absolute atomic E-state index is 0.305. The smallest absolute Gasteiger partial charge is 0.230 e. The third kappa shape index (κ3) is 4.01. The number of rotatable bonds is 5. The highest BCUT2D eigenvalue weighted by Gasteiger charge is 2.11. The fourth-order valence-corrected chi connectivity index (χ4v) is 1.91. The van der Waals surface area contributed by atoms with Crippen LogP contribution in [-0.4, -0.2) is 35.6 Å². The van der Waals surface area contributed by atoms with Crippen molar-refractivity contribution in [3.8, 4) is 11.4 Å². The molecule has 0 spiro atoms. The topological polar surface area (TPSA) is 53.9 Å². The maximum Gasteiger partial charge on any atom is 0.230 e. The molecule has 1 aromatic carbocycles. The zero-order valence-electron chi connectivity index (χ0n) is 12.2. The monoisotopic (exact) mass is 309 g/mol. The van der Waals surface area contributed by atoms with E-state index in [1.165, 1.54) is 12.1 Å². The van der Waals surface area contributed by atoms with Gasteiger partial charge in [0.25, 0.3) is 0 Å². The van der Waals surface area contributed by atoms with Crippen molar-refractivity contribution >= 4 is 23.5 Å². The molecule has 0 aliphatic rings. The molecule has 112 valence electrons. The Kier molecular flexibility index (Phi) is 4.90. The van der Waals surface area contributed by atoms with E-state index in [1.807, 2.05) is 21.0 Å². The zero-order chi connectivity index (χ0) is 15.4. The number of benzene rings is 1. The van der Waals surface area contributed by atoms with Crippen molar-refractivity contribution in [3.05, 3.63) is 29.0 Å². The fourth-order valence-electron chi connectivity index (χ4n) is 1.69. The molecule has 1 N–H and O–H groups in total. The number of hydrogen-bond donors (Lipinski definition) is 1. The van der Waals surface area contributed by atoms with Gasteiger partial charge in [0.05, 0.1) is 0 Å². The van der Waals surface area contributed by atoms with E-state index in [9.17, 15) is 4.39 Å². The van der Waals surface area contributed by atoms with Crippen molar-refractivity contribution in [2.24, 2.45) is 0 Å². The Morgan fingerprint density at radius 1 is 1.19 bits per heavy atom. The first kappa shape index (κ1) is 15.4. The molecular formula is C14H17ClFN5. The Labute approximate surface area is 128 Å². The molecule has 2 aromatic rings. The number of nitrogens with zero attached hydrogens (tertiary/aromatic N) is 4. The van der Waals surface area contributed by atoms with Crippen molar-refractivity contribution < 1.29 is 4.39 Å². The van der Waals surface area contributed by atoms with Crippen molar-refractivity contribution in [1.29, 1.82) is 0 Å². The number of halogens is 2. The maximum absolute atomic E-state index is 13.5. The van der Waals surface area contributed by atoms with Crippen LogP contribution in [0.5, 0.6) is 0 Å². The second-order valence-electron chi connectivity index (χ2n) is 4.76.